The number of methoxy groups -OCH3 is 1. The molecule has 3 aromatic carbocycles. The molecule has 1 fully saturated rings. The first-order valence-electron chi connectivity index (χ1n) is 15.2. The van der Waals surface area contributed by atoms with Crippen molar-refractivity contribution < 1.29 is 23.5 Å². The quantitative estimate of drug-likeness (QED) is 0.161. The largest absolute Gasteiger partial charge is 0.494 e. The maximum atomic E-state index is 13.6. The number of ether oxygens (including phenoxy) is 2. The van der Waals surface area contributed by atoms with Crippen molar-refractivity contribution in [3.8, 4) is 11.5 Å². The first-order valence-corrected chi connectivity index (χ1v) is 15.2. The van der Waals surface area contributed by atoms with Gasteiger partial charge in [-0.2, -0.15) is 0 Å². The number of nitrogens with one attached hydrogen (secondary N) is 2. The van der Waals surface area contributed by atoms with Crippen LogP contribution in [0.3, 0.4) is 0 Å². The molecule has 5 rings (SSSR count). The van der Waals surface area contributed by atoms with Gasteiger partial charge in [0.05, 0.1) is 36.8 Å². The van der Waals surface area contributed by atoms with Crippen molar-refractivity contribution in [1.82, 2.24) is 14.9 Å². The molecule has 4 aromatic rings. The number of benzene rings is 3. The summed E-state index contributed by atoms with van der Waals surface area (Å²) >= 11 is 0. The molecule has 12 heteroatoms. The van der Waals surface area contributed by atoms with Gasteiger partial charge in [0.2, 0.25) is 5.91 Å². The number of hydrogen-bond donors (Lipinski definition) is 2. The van der Waals surface area contributed by atoms with Gasteiger partial charge in [0, 0.05) is 38.7 Å². The Morgan fingerprint density at radius 2 is 1.91 bits per heavy atom. The third kappa shape index (κ3) is 8.54. The Hall–Kier alpha value is -5.20. The summed E-state index contributed by atoms with van der Waals surface area (Å²) in [4.78, 5) is 31.5. The molecule has 2 N–H and O–H groups in total. The van der Waals surface area contributed by atoms with Crippen molar-refractivity contribution in [1.29, 1.82) is 0 Å². The van der Waals surface area contributed by atoms with Crippen LogP contribution in [0.4, 0.5) is 33.1 Å². The van der Waals surface area contributed by atoms with Gasteiger partial charge in [-0.05, 0) is 61.6 Å². The van der Waals surface area contributed by atoms with Crippen LogP contribution in [0, 0.1) is 5.82 Å². The second-order valence-electron chi connectivity index (χ2n) is 11.3. The fourth-order valence-corrected chi connectivity index (χ4v) is 5.18. The average molecular weight is 642 g/mol. The predicted molar refractivity (Wildman–Crippen MR) is 182 cm³/mol. The number of halogens is 1. The Balaban J connectivity index is 1.36. The van der Waals surface area contributed by atoms with Crippen LogP contribution in [0.2, 0.25) is 0 Å². The third-order valence-electron chi connectivity index (χ3n) is 7.64. The zero-order valence-corrected chi connectivity index (χ0v) is 27.1. The normalized spacial score (nSPS) is 14.2. The highest BCUT2D eigenvalue weighted by Gasteiger charge is 2.29. The van der Waals surface area contributed by atoms with Gasteiger partial charge in [0.25, 0.3) is 0 Å². The molecule has 0 spiro atoms. The third-order valence-corrected chi connectivity index (χ3v) is 7.64. The molecule has 1 aliphatic rings. The standard InChI is InChI=1S/C35H40FN7O4/c1-6-35(44)40-28-19-29(32(45-5)20-31(28)42(4)15-14-41(2)3)39-33-21-34(38-23-37-33)43-30(13-16-47-43)25-10-8-12-27(18-25)46-22-24-9-7-11-26(36)17-24/h6-12,17-21,23,30H,1,13-16,22H2,2-5H3,(H,40,44)(H,37,38,39)/t30-/m0/s1. The molecule has 0 aliphatic carbocycles. The van der Waals surface area contributed by atoms with Gasteiger partial charge in [-0.3, -0.25) is 9.63 Å². The lowest BCUT2D eigenvalue weighted by molar-refractivity contribution is -0.111. The van der Waals surface area contributed by atoms with E-state index in [-0.39, 0.29) is 24.4 Å². The van der Waals surface area contributed by atoms with Crippen LogP contribution in [0.5, 0.6) is 11.5 Å². The van der Waals surface area contributed by atoms with Crippen LogP contribution >= 0.6 is 0 Å². The van der Waals surface area contributed by atoms with Crippen molar-refractivity contribution in [2.75, 3.05) is 68.5 Å². The average Bonchev–Trinajstić information content (AvgIpc) is 3.57. The van der Waals surface area contributed by atoms with Crippen LogP contribution < -0.4 is 30.1 Å². The summed E-state index contributed by atoms with van der Waals surface area (Å²) in [5, 5.41) is 8.01. The maximum absolute atomic E-state index is 13.6. The Morgan fingerprint density at radius 1 is 1.09 bits per heavy atom. The molecule has 47 heavy (non-hydrogen) atoms. The Kier molecular flexibility index (Phi) is 10.9. The first-order chi connectivity index (χ1) is 22.7. The molecule has 246 valence electrons. The molecule has 0 unspecified atom stereocenters. The lowest BCUT2D eigenvalue weighted by Gasteiger charge is -2.26. The summed E-state index contributed by atoms with van der Waals surface area (Å²) in [6.45, 7) is 5.91. The number of aromatic nitrogens is 2. The Labute approximate surface area is 274 Å². The van der Waals surface area contributed by atoms with E-state index in [4.69, 9.17) is 14.3 Å². The zero-order chi connectivity index (χ0) is 33.3. The van der Waals surface area contributed by atoms with E-state index in [0.717, 1.165) is 36.3 Å². The van der Waals surface area contributed by atoms with Gasteiger partial charge < -0.3 is 29.9 Å². The Bertz CT molecular complexity index is 1700. The second-order valence-corrected chi connectivity index (χ2v) is 11.3. The van der Waals surface area contributed by atoms with E-state index in [1.54, 1.807) is 24.3 Å². The number of hydroxylamine groups is 1. The molecular formula is C35H40FN7O4. The van der Waals surface area contributed by atoms with Gasteiger partial charge in [0.1, 0.15) is 36.1 Å². The SMILES string of the molecule is C=CC(=O)Nc1cc(Nc2cc(N3OCC[C@H]3c3cccc(OCc4cccc(F)c4)c3)ncn2)c(OC)cc1N(C)CCN(C)C. The highest BCUT2D eigenvalue weighted by Crippen LogP contribution is 2.39. The molecular weight excluding hydrogens is 601 g/mol. The fourth-order valence-electron chi connectivity index (χ4n) is 5.18. The minimum Gasteiger partial charge on any atom is -0.494 e. The van der Waals surface area contributed by atoms with E-state index in [0.29, 0.717) is 41.1 Å². The number of rotatable bonds is 14. The number of anilines is 5. The summed E-state index contributed by atoms with van der Waals surface area (Å²) in [6, 6.07) is 19.5. The van der Waals surface area contributed by atoms with Crippen molar-refractivity contribution in [2.45, 2.75) is 19.1 Å². The van der Waals surface area contributed by atoms with Crippen molar-refractivity contribution in [3.05, 3.63) is 103 Å². The van der Waals surface area contributed by atoms with Crippen molar-refractivity contribution in [2.24, 2.45) is 0 Å². The lowest BCUT2D eigenvalue weighted by atomic mass is 10.0. The minimum absolute atomic E-state index is 0.122. The number of amides is 1. The fraction of sp³-hybridized carbons (Fsp3) is 0.286. The van der Waals surface area contributed by atoms with E-state index in [1.807, 2.05) is 63.6 Å². The second kappa shape index (κ2) is 15.4. The molecule has 0 bridgehead atoms. The molecule has 1 amide bonds. The van der Waals surface area contributed by atoms with Gasteiger partial charge in [-0.25, -0.2) is 19.4 Å². The highest BCUT2D eigenvalue weighted by molar-refractivity contribution is 6.02. The minimum atomic E-state index is -0.326. The highest BCUT2D eigenvalue weighted by atomic mass is 19.1. The summed E-state index contributed by atoms with van der Waals surface area (Å²) < 4.78 is 25.3. The summed E-state index contributed by atoms with van der Waals surface area (Å²) in [5.41, 5.74) is 3.73. The van der Waals surface area contributed by atoms with Crippen LogP contribution in [-0.4, -0.2) is 68.7 Å². The van der Waals surface area contributed by atoms with Crippen LogP contribution in [-0.2, 0) is 16.2 Å². The van der Waals surface area contributed by atoms with E-state index in [1.165, 1.54) is 24.5 Å². The van der Waals surface area contributed by atoms with Crippen molar-refractivity contribution >= 4 is 34.6 Å². The lowest BCUT2D eigenvalue weighted by Crippen LogP contribution is -2.29. The molecule has 1 aromatic heterocycles. The molecule has 1 saturated heterocycles. The number of carbonyl (C=O) groups excluding carboxylic acids is 1. The van der Waals surface area contributed by atoms with E-state index in [2.05, 4.69) is 37.0 Å². The maximum Gasteiger partial charge on any atom is 0.247 e. The van der Waals surface area contributed by atoms with Gasteiger partial charge in [-0.15, -0.1) is 0 Å². The van der Waals surface area contributed by atoms with Gasteiger partial charge >= 0.3 is 0 Å². The molecule has 11 nitrogen and oxygen atoms in total. The zero-order valence-electron chi connectivity index (χ0n) is 27.1. The topological polar surface area (TPSA) is 104 Å². The number of carbonyl (C=O) groups is 1. The molecule has 0 radical (unpaired) electrons. The molecule has 0 saturated carbocycles. The van der Waals surface area contributed by atoms with Gasteiger partial charge in [0.15, 0.2) is 5.82 Å². The number of hydrogen-bond acceptors (Lipinski definition) is 10. The molecule has 1 aliphatic heterocycles. The molecule has 1 atom stereocenters. The number of likely N-dealkylation sites (N-methyl/N-ethyl adjacent to an activating group) is 2. The smallest absolute Gasteiger partial charge is 0.247 e. The predicted octanol–water partition coefficient (Wildman–Crippen LogP) is 5.95. The van der Waals surface area contributed by atoms with Crippen LogP contribution in [0.1, 0.15) is 23.6 Å². The Morgan fingerprint density at radius 3 is 2.68 bits per heavy atom. The van der Waals surface area contributed by atoms with E-state index < -0.39 is 0 Å². The van der Waals surface area contributed by atoms with E-state index in [9.17, 15) is 9.18 Å². The summed E-state index contributed by atoms with van der Waals surface area (Å²) in [7, 11) is 7.58. The van der Waals surface area contributed by atoms with Crippen LogP contribution in [0.15, 0.2) is 85.7 Å². The van der Waals surface area contributed by atoms with Crippen molar-refractivity contribution in [3.63, 3.8) is 0 Å². The van der Waals surface area contributed by atoms with E-state index >= 15 is 0 Å². The monoisotopic (exact) mass is 641 g/mol. The van der Waals surface area contributed by atoms with Gasteiger partial charge in [-0.1, -0.05) is 30.8 Å². The first kappa shape index (κ1) is 33.2. The van der Waals surface area contributed by atoms with Crippen LogP contribution in [0.25, 0.3) is 0 Å². The molecule has 2 heterocycles. The number of nitrogens with zero attached hydrogens (tertiary/aromatic N) is 5. The summed E-state index contributed by atoms with van der Waals surface area (Å²) in [5.74, 6) is 1.69. The summed E-state index contributed by atoms with van der Waals surface area (Å²) in [6.07, 6.45) is 3.44.